The summed E-state index contributed by atoms with van der Waals surface area (Å²) < 4.78 is 25.9. The maximum absolute atomic E-state index is 13.8. The van der Waals surface area contributed by atoms with Gasteiger partial charge < -0.3 is 23.8 Å². The normalized spacial score (nSPS) is 18.2. The number of carbonyl (C=O) groups is 1. The fraction of sp³-hybridized carbons (Fsp3) is 0.357. The van der Waals surface area contributed by atoms with Gasteiger partial charge in [-0.3, -0.25) is 9.78 Å². The number of aliphatic hydroxyl groups excluding tert-OH is 1. The lowest BCUT2D eigenvalue weighted by Gasteiger charge is -2.29. The largest absolute Gasteiger partial charge is 0.479 e. The minimum atomic E-state index is -0.672. The number of β-amino-alcohol motifs (C(OH)–C–C–N with tert-alkyl or cyclic N) is 1. The van der Waals surface area contributed by atoms with Crippen molar-refractivity contribution in [3.8, 4) is 17.0 Å². The summed E-state index contributed by atoms with van der Waals surface area (Å²) in [5.74, 6) is 0.311. The quantitative estimate of drug-likeness (QED) is 0.372. The summed E-state index contributed by atoms with van der Waals surface area (Å²) in [6.07, 6.45) is 6.77. The Morgan fingerprint density at radius 1 is 1.21 bits per heavy atom. The molecule has 3 atom stereocenters. The fourth-order valence-corrected chi connectivity index (χ4v) is 5.05. The molecule has 38 heavy (non-hydrogen) atoms. The number of aliphatic hydroxyl groups is 1. The van der Waals surface area contributed by atoms with Crippen molar-refractivity contribution in [2.45, 2.75) is 44.9 Å². The Morgan fingerprint density at radius 3 is 2.71 bits per heavy atom. The van der Waals surface area contributed by atoms with Crippen LogP contribution in [0.1, 0.15) is 49.4 Å². The third-order valence-electron chi connectivity index (χ3n) is 6.89. The predicted octanol–water partition coefficient (Wildman–Crippen LogP) is 4.20. The third kappa shape index (κ3) is 5.17. The summed E-state index contributed by atoms with van der Waals surface area (Å²) in [5.41, 5.74) is 2.67. The summed E-state index contributed by atoms with van der Waals surface area (Å²) in [4.78, 5) is 24.5. The number of amides is 1. The fourth-order valence-electron chi connectivity index (χ4n) is 5.05. The van der Waals surface area contributed by atoms with E-state index in [0.717, 1.165) is 16.7 Å². The Kier molecular flexibility index (Phi) is 7.24. The van der Waals surface area contributed by atoms with Crippen LogP contribution >= 0.6 is 0 Å². The number of halogens is 1. The zero-order chi connectivity index (χ0) is 26.8. The number of ether oxygens (including phenoxy) is 1. The van der Waals surface area contributed by atoms with Crippen LogP contribution in [0.4, 0.5) is 4.39 Å². The number of likely N-dealkylation sites (tertiary alicyclic amines) is 1. The van der Waals surface area contributed by atoms with E-state index in [1.807, 2.05) is 30.7 Å². The van der Waals surface area contributed by atoms with Gasteiger partial charge in [0.1, 0.15) is 17.6 Å². The third-order valence-corrected chi connectivity index (χ3v) is 6.89. The van der Waals surface area contributed by atoms with Gasteiger partial charge in [0, 0.05) is 49.4 Å². The molecule has 1 aliphatic rings. The van der Waals surface area contributed by atoms with Gasteiger partial charge in [0.15, 0.2) is 5.76 Å². The summed E-state index contributed by atoms with van der Waals surface area (Å²) in [5, 5.41) is 14.5. The molecule has 1 fully saturated rings. The molecule has 0 radical (unpaired) electrons. The van der Waals surface area contributed by atoms with Crippen LogP contribution in [0.15, 0.2) is 65.7 Å². The number of benzene rings is 1. The highest BCUT2D eigenvalue weighted by Crippen LogP contribution is 2.37. The minimum absolute atomic E-state index is 0.0708. The van der Waals surface area contributed by atoms with Crippen molar-refractivity contribution in [1.82, 2.24) is 24.6 Å². The van der Waals surface area contributed by atoms with Crippen LogP contribution < -0.4 is 4.74 Å². The van der Waals surface area contributed by atoms with Gasteiger partial charge in [0.2, 0.25) is 5.91 Å². The molecule has 198 valence electrons. The van der Waals surface area contributed by atoms with Crippen LogP contribution in [0.3, 0.4) is 0 Å². The van der Waals surface area contributed by atoms with E-state index in [0.29, 0.717) is 30.4 Å². The SMILES string of the molecule is COc1cc(C(C(=O)N2C[C@H](O)C[C@H]2c2nccn2Cc2cncc(-c3ccc(F)cc3)c2)C(C)C)on1. The van der Waals surface area contributed by atoms with E-state index in [2.05, 4.69) is 15.1 Å². The number of methoxy groups -OCH3 is 1. The zero-order valence-electron chi connectivity index (χ0n) is 21.5. The van der Waals surface area contributed by atoms with Gasteiger partial charge in [-0.25, -0.2) is 9.37 Å². The van der Waals surface area contributed by atoms with Crippen molar-refractivity contribution in [2.75, 3.05) is 13.7 Å². The lowest BCUT2D eigenvalue weighted by molar-refractivity contribution is -0.135. The van der Waals surface area contributed by atoms with E-state index in [9.17, 15) is 14.3 Å². The first-order valence-electron chi connectivity index (χ1n) is 12.5. The number of rotatable bonds is 8. The van der Waals surface area contributed by atoms with Crippen molar-refractivity contribution in [2.24, 2.45) is 5.92 Å². The summed E-state index contributed by atoms with van der Waals surface area (Å²) >= 11 is 0. The second-order valence-electron chi connectivity index (χ2n) is 9.89. The van der Waals surface area contributed by atoms with Crippen molar-refractivity contribution >= 4 is 5.91 Å². The molecule has 5 rings (SSSR count). The predicted molar refractivity (Wildman–Crippen MR) is 137 cm³/mol. The molecule has 1 saturated heterocycles. The molecule has 9 nitrogen and oxygen atoms in total. The molecule has 0 aliphatic carbocycles. The Hall–Kier alpha value is -4.05. The number of pyridine rings is 1. The van der Waals surface area contributed by atoms with E-state index >= 15 is 0 Å². The molecule has 0 spiro atoms. The lowest BCUT2D eigenvalue weighted by atomic mass is 9.91. The van der Waals surface area contributed by atoms with E-state index in [1.54, 1.807) is 41.7 Å². The summed E-state index contributed by atoms with van der Waals surface area (Å²) in [7, 11) is 1.49. The van der Waals surface area contributed by atoms with Crippen molar-refractivity contribution in [3.05, 3.63) is 84.2 Å². The molecule has 10 heteroatoms. The molecular weight excluding hydrogens is 489 g/mol. The highest BCUT2D eigenvalue weighted by Gasteiger charge is 2.42. The Bertz CT molecular complexity index is 1400. The van der Waals surface area contributed by atoms with Gasteiger partial charge in [-0.15, -0.1) is 0 Å². The molecule has 0 saturated carbocycles. The molecule has 3 aromatic heterocycles. The van der Waals surface area contributed by atoms with Gasteiger partial charge in [-0.2, -0.15) is 0 Å². The van der Waals surface area contributed by atoms with Crippen molar-refractivity contribution in [1.29, 1.82) is 0 Å². The molecular formula is C28H30FN5O4. The van der Waals surface area contributed by atoms with Crippen molar-refractivity contribution < 1.29 is 23.6 Å². The van der Waals surface area contributed by atoms with Gasteiger partial charge >= 0.3 is 0 Å². The van der Waals surface area contributed by atoms with E-state index in [1.165, 1.54) is 19.2 Å². The number of nitrogens with zero attached hydrogens (tertiary/aromatic N) is 5. The standard InChI is InChI=1S/C28H30FN5O4/c1-17(2)26(24-12-25(37-3)32-38-24)28(36)34-16-22(35)11-23(34)27-31-8-9-33(27)15-18-10-20(14-30-13-18)19-4-6-21(29)7-5-19/h4-10,12-14,17,22-23,26,35H,11,15-16H2,1-3H3/t22-,23+,26?/m1/s1. The molecule has 0 bridgehead atoms. The lowest BCUT2D eigenvalue weighted by Crippen LogP contribution is -2.38. The second kappa shape index (κ2) is 10.7. The van der Waals surface area contributed by atoms with Gasteiger partial charge in [-0.1, -0.05) is 26.0 Å². The minimum Gasteiger partial charge on any atom is -0.479 e. The number of imidazole rings is 1. The molecule has 1 aromatic carbocycles. The molecule has 4 heterocycles. The summed E-state index contributed by atoms with van der Waals surface area (Å²) in [6, 6.07) is 9.51. The van der Waals surface area contributed by atoms with Crippen LogP contribution in [-0.2, 0) is 11.3 Å². The van der Waals surface area contributed by atoms with Gasteiger partial charge in [-0.05, 0) is 40.4 Å². The molecule has 1 amide bonds. The molecule has 1 aliphatic heterocycles. The highest BCUT2D eigenvalue weighted by atomic mass is 19.1. The van der Waals surface area contributed by atoms with Crippen molar-refractivity contribution in [3.63, 3.8) is 0 Å². The molecule has 1 N–H and O–H groups in total. The number of hydrogen-bond acceptors (Lipinski definition) is 7. The van der Waals surface area contributed by atoms with E-state index in [4.69, 9.17) is 9.26 Å². The van der Waals surface area contributed by atoms with Gasteiger partial charge in [0.05, 0.1) is 25.8 Å². The Balaban J connectivity index is 1.40. The monoisotopic (exact) mass is 519 g/mol. The van der Waals surface area contributed by atoms with E-state index in [-0.39, 0.29) is 24.2 Å². The van der Waals surface area contributed by atoms with Crippen LogP contribution in [0, 0.1) is 11.7 Å². The topological polar surface area (TPSA) is 107 Å². The first-order valence-corrected chi connectivity index (χ1v) is 12.5. The first-order chi connectivity index (χ1) is 18.3. The number of carbonyl (C=O) groups excluding carboxylic acids is 1. The van der Waals surface area contributed by atoms with Crippen LogP contribution in [0.5, 0.6) is 5.88 Å². The van der Waals surface area contributed by atoms with Crippen LogP contribution in [0.2, 0.25) is 0 Å². The zero-order valence-corrected chi connectivity index (χ0v) is 21.5. The first kappa shape index (κ1) is 25.6. The second-order valence-corrected chi connectivity index (χ2v) is 9.89. The summed E-state index contributed by atoms with van der Waals surface area (Å²) in [6.45, 7) is 4.56. The number of aromatic nitrogens is 4. The average Bonchev–Trinajstić information content (AvgIpc) is 3.64. The maximum Gasteiger partial charge on any atom is 0.254 e. The average molecular weight is 520 g/mol. The molecule has 4 aromatic rings. The van der Waals surface area contributed by atoms with Crippen LogP contribution in [-0.4, -0.2) is 55.4 Å². The van der Waals surface area contributed by atoms with Gasteiger partial charge in [0.25, 0.3) is 5.88 Å². The number of hydrogen-bond donors (Lipinski definition) is 1. The Morgan fingerprint density at radius 2 is 2.00 bits per heavy atom. The van der Waals surface area contributed by atoms with Crippen LogP contribution in [0.25, 0.3) is 11.1 Å². The Labute approximate surface area is 219 Å². The van der Waals surface area contributed by atoms with E-state index < -0.39 is 18.1 Å². The highest BCUT2D eigenvalue weighted by molar-refractivity contribution is 5.84. The maximum atomic E-state index is 13.8. The molecule has 1 unspecified atom stereocenters. The smallest absolute Gasteiger partial charge is 0.254 e.